The van der Waals surface area contributed by atoms with Crippen molar-refractivity contribution in [1.29, 1.82) is 0 Å². The van der Waals surface area contributed by atoms with Crippen molar-refractivity contribution in [2.45, 2.75) is 32.7 Å². The number of carbonyl (C=O) groups excluding carboxylic acids is 1. The number of aliphatic hydroxyl groups excluding tert-OH is 1. The maximum Gasteiger partial charge on any atom is 0.425 e. The van der Waals surface area contributed by atoms with Gasteiger partial charge in [-0.05, 0) is 49.7 Å². The fourth-order valence-corrected chi connectivity index (χ4v) is 3.09. The lowest BCUT2D eigenvalue weighted by atomic mass is 10.0. The maximum absolute atomic E-state index is 15.0. The zero-order valence-electron chi connectivity index (χ0n) is 17.5. The highest BCUT2D eigenvalue weighted by Crippen LogP contribution is 2.34. The lowest BCUT2D eigenvalue weighted by Gasteiger charge is -2.21. The molecule has 0 radical (unpaired) electrons. The van der Waals surface area contributed by atoms with Crippen LogP contribution in [0.25, 0.3) is 11.3 Å². The number of aliphatic hydroxyl groups is 1. The minimum Gasteiger partial charge on any atom is -0.480 e. The molecule has 5 nitrogen and oxygen atoms in total. The minimum atomic E-state index is -4.72. The first-order valence-corrected chi connectivity index (χ1v) is 10.1. The average Bonchev–Trinajstić information content (AvgIpc) is 2.76. The number of para-hydroxylation sites is 1. The molecule has 33 heavy (non-hydrogen) atoms. The Morgan fingerprint density at radius 3 is 2.55 bits per heavy atom. The first kappa shape index (κ1) is 24.5. The number of hydrogen-bond donors (Lipinski definition) is 2. The second-order valence-corrected chi connectivity index (χ2v) is 7.59. The van der Waals surface area contributed by atoms with Gasteiger partial charge in [0, 0.05) is 11.3 Å². The van der Waals surface area contributed by atoms with Crippen LogP contribution in [0.5, 0.6) is 5.75 Å². The van der Waals surface area contributed by atoms with Crippen LogP contribution in [0.2, 0.25) is 5.02 Å². The molecular weight excluding hydrogens is 464 g/mol. The largest absolute Gasteiger partial charge is 0.480 e. The summed E-state index contributed by atoms with van der Waals surface area (Å²) in [5, 5.41) is 12.1. The number of carbonyl (C=O) groups is 1. The smallest absolute Gasteiger partial charge is 0.425 e. The van der Waals surface area contributed by atoms with E-state index in [-0.39, 0.29) is 22.0 Å². The van der Waals surface area contributed by atoms with Gasteiger partial charge >= 0.3 is 6.18 Å². The molecule has 2 N–H and O–H groups in total. The van der Waals surface area contributed by atoms with Gasteiger partial charge in [0.15, 0.2) is 6.10 Å². The molecule has 10 heteroatoms. The van der Waals surface area contributed by atoms with Gasteiger partial charge in [0.05, 0.1) is 28.6 Å². The molecule has 0 spiro atoms. The zero-order chi connectivity index (χ0) is 24.3. The van der Waals surface area contributed by atoms with Gasteiger partial charge in [-0.15, -0.1) is 0 Å². The van der Waals surface area contributed by atoms with Crippen molar-refractivity contribution in [2.24, 2.45) is 0 Å². The van der Waals surface area contributed by atoms with E-state index in [0.717, 1.165) is 19.1 Å². The number of nitrogens with zero attached hydrogens (tertiary/aromatic N) is 1. The Morgan fingerprint density at radius 1 is 1.21 bits per heavy atom. The van der Waals surface area contributed by atoms with Gasteiger partial charge < -0.3 is 15.2 Å². The predicted molar refractivity (Wildman–Crippen MR) is 116 cm³/mol. The topological polar surface area (TPSA) is 71.5 Å². The highest BCUT2D eigenvalue weighted by atomic mass is 35.5. The third-order valence-electron chi connectivity index (χ3n) is 4.82. The summed E-state index contributed by atoms with van der Waals surface area (Å²) in [5.41, 5.74) is 0.521. The van der Waals surface area contributed by atoms with E-state index >= 15 is 4.39 Å². The van der Waals surface area contributed by atoms with Crippen LogP contribution in [-0.4, -0.2) is 28.3 Å². The number of anilines is 1. The highest BCUT2D eigenvalue weighted by molar-refractivity contribution is 6.31. The van der Waals surface area contributed by atoms with Crippen molar-refractivity contribution in [2.75, 3.05) is 5.32 Å². The molecule has 1 heterocycles. The molecule has 0 aliphatic rings. The SMILES string of the molecule is Cc1ccccc1NC(=O)c1cc(F)c(-c2ccc(Cl)c(CO)n2)cc1OC(C)C(F)(F)F. The molecular formula is C23H19ClF4N2O3. The Kier molecular flexibility index (Phi) is 7.24. The lowest BCUT2D eigenvalue weighted by Crippen LogP contribution is -2.32. The summed E-state index contributed by atoms with van der Waals surface area (Å²) in [6, 6.07) is 11.2. The summed E-state index contributed by atoms with van der Waals surface area (Å²) in [6.45, 7) is 1.98. The van der Waals surface area contributed by atoms with Gasteiger partial charge in [-0.25, -0.2) is 9.37 Å². The number of halogens is 5. The highest BCUT2D eigenvalue weighted by Gasteiger charge is 2.39. The van der Waals surface area contributed by atoms with E-state index in [2.05, 4.69) is 10.3 Å². The van der Waals surface area contributed by atoms with Gasteiger partial charge in [-0.2, -0.15) is 13.2 Å². The molecule has 0 bridgehead atoms. The number of pyridine rings is 1. The van der Waals surface area contributed by atoms with Crippen molar-refractivity contribution in [3.05, 3.63) is 76.2 Å². The summed E-state index contributed by atoms with van der Waals surface area (Å²) >= 11 is 5.91. The average molecular weight is 483 g/mol. The molecule has 1 aromatic heterocycles. The van der Waals surface area contributed by atoms with Crippen LogP contribution < -0.4 is 10.1 Å². The van der Waals surface area contributed by atoms with Gasteiger partial charge in [0.2, 0.25) is 0 Å². The molecule has 0 aliphatic heterocycles. The normalized spacial score (nSPS) is 12.4. The van der Waals surface area contributed by atoms with E-state index in [4.69, 9.17) is 16.3 Å². The van der Waals surface area contributed by atoms with Gasteiger partial charge in [-0.3, -0.25) is 4.79 Å². The van der Waals surface area contributed by atoms with E-state index < -0.39 is 41.9 Å². The zero-order valence-corrected chi connectivity index (χ0v) is 18.3. The number of alkyl halides is 3. The molecule has 174 valence electrons. The van der Waals surface area contributed by atoms with Crippen LogP contribution in [0.3, 0.4) is 0 Å². The Labute approximate surface area is 192 Å². The van der Waals surface area contributed by atoms with Crippen molar-refractivity contribution >= 4 is 23.2 Å². The van der Waals surface area contributed by atoms with E-state index in [1.165, 1.54) is 12.1 Å². The summed E-state index contributed by atoms with van der Waals surface area (Å²) in [5.74, 6) is -2.25. The molecule has 1 atom stereocenters. The molecule has 0 fully saturated rings. The van der Waals surface area contributed by atoms with Crippen molar-refractivity contribution < 1.29 is 32.2 Å². The van der Waals surface area contributed by atoms with E-state index in [1.807, 2.05) is 0 Å². The number of rotatable bonds is 6. The number of benzene rings is 2. The van der Waals surface area contributed by atoms with Crippen LogP contribution >= 0.6 is 11.6 Å². The number of aryl methyl sites for hydroxylation is 1. The Bertz CT molecular complexity index is 1180. The fourth-order valence-electron chi connectivity index (χ4n) is 2.93. The number of hydrogen-bond acceptors (Lipinski definition) is 4. The number of nitrogens with one attached hydrogen (secondary N) is 1. The Balaban J connectivity index is 2.09. The predicted octanol–water partition coefficient (Wildman–Crippen LogP) is 5.92. The van der Waals surface area contributed by atoms with Crippen LogP contribution in [-0.2, 0) is 6.61 Å². The van der Waals surface area contributed by atoms with Gasteiger partial charge in [0.25, 0.3) is 5.91 Å². The molecule has 1 unspecified atom stereocenters. The molecule has 3 rings (SSSR count). The van der Waals surface area contributed by atoms with E-state index in [1.54, 1.807) is 31.2 Å². The summed E-state index contributed by atoms with van der Waals surface area (Å²) in [4.78, 5) is 16.9. The lowest BCUT2D eigenvalue weighted by molar-refractivity contribution is -0.189. The van der Waals surface area contributed by atoms with Crippen LogP contribution in [0.4, 0.5) is 23.2 Å². The van der Waals surface area contributed by atoms with E-state index in [9.17, 15) is 23.1 Å². The molecule has 1 amide bonds. The van der Waals surface area contributed by atoms with Crippen LogP contribution in [0.15, 0.2) is 48.5 Å². The van der Waals surface area contributed by atoms with Crippen molar-refractivity contribution in [3.63, 3.8) is 0 Å². The number of ether oxygens (including phenoxy) is 1. The second-order valence-electron chi connectivity index (χ2n) is 7.18. The van der Waals surface area contributed by atoms with Crippen molar-refractivity contribution in [1.82, 2.24) is 4.98 Å². The molecule has 0 saturated heterocycles. The maximum atomic E-state index is 15.0. The standard InChI is InChI=1S/C23H19ClF4N2O3/c1-12-5-3-4-6-18(12)30-22(32)15-9-17(25)14(10-21(15)33-13(2)23(26,27)28)19-8-7-16(24)20(11-31)29-19/h3-10,13,31H,11H2,1-2H3,(H,30,32). The number of amides is 1. The first-order chi connectivity index (χ1) is 15.5. The van der Waals surface area contributed by atoms with E-state index in [0.29, 0.717) is 11.3 Å². The quantitative estimate of drug-likeness (QED) is 0.428. The van der Waals surface area contributed by atoms with Crippen LogP contribution in [0, 0.1) is 12.7 Å². The summed E-state index contributed by atoms with van der Waals surface area (Å²) in [7, 11) is 0. The summed E-state index contributed by atoms with van der Waals surface area (Å²) < 4.78 is 59.5. The van der Waals surface area contributed by atoms with Crippen molar-refractivity contribution in [3.8, 4) is 17.0 Å². The Morgan fingerprint density at radius 2 is 1.91 bits per heavy atom. The van der Waals surface area contributed by atoms with Gasteiger partial charge in [-0.1, -0.05) is 29.8 Å². The Hall–Kier alpha value is -3.17. The van der Waals surface area contributed by atoms with Crippen LogP contribution in [0.1, 0.15) is 28.5 Å². The molecule has 0 aliphatic carbocycles. The summed E-state index contributed by atoms with van der Waals surface area (Å²) in [6.07, 6.45) is -6.99. The first-order valence-electron chi connectivity index (χ1n) is 9.71. The number of aromatic nitrogens is 1. The monoisotopic (exact) mass is 482 g/mol. The van der Waals surface area contributed by atoms with Gasteiger partial charge in [0.1, 0.15) is 11.6 Å². The molecule has 2 aromatic carbocycles. The molecule has 3 aromatic rings. The second kappa shape index (κ2) is 9.76. The minimum absolute atomic E-state index is 0.00340. The molecule has 0 saturated carbocycles. The fraction of sp³-hybridized carbons (Fsp3) is 0.217. The third-order valence-corrected chi connectivity index (χ3v) is 5.16. The third kappa shape index (κ3) is 5.61.